The average Bonchev–Trinajstić information content (AvgIpc) is 3.17. The predicted octanol–water partition coefficient (Wildman–Crippen LogP) is 2.26. The molecule has 4 aromatic rings. The van der Waals surface area contributed by atoms with E-state index < -0.39 is 11.7 Å². The van der Waals surface area contributed by atoms with Crippen molar-refractivity contribution in [2.75, 3.05) is 12.4 Å². The molecule has 152 valence electrons. The van der Waals surface area contributed by atoms with Gasteiger partial charge >= 0.3 is 5.69 Å². The summed E-state index contributed by atoms with van der Waals surface area (Å²) in [7, 11) is 4.61. The van der Waals surface area contributed by atoms with E-state index in [4.69, 9.17) is 4.74 Å². The predicted molar refractivity (Wildman–Crippen MR) is 114 cm³/mol. The minimum atomic E-state index is -0.509. The molecule has 0 radical (unpaired) electrons. The molecule has 0 spiro atoms. The number of anilines is 1. The molecule has 1 atom stereocenters. The zero-order valence-electron chi connectivity index (χ0n) is 16.7. The number of aromatic nitrogens is 3. The van der Waals surface area contributed by atoms with Gasteiger partial charge in [-0.25, -0.2) is 4.79 Å². The normalized spacial score (nSPS) is 14.8. The zero-order valence-corrected chi connectivity index (χ0v) is 16.7. The Kier molecular flexibility index (Phi) is 3.79. The van der Waals surface area contributed by atoms with Crippen molar-refractivity contribution in [1.82, 2.24) is 13.7 Å². The third kappa shape index (κ3) is 2.27. The second-order valence-corrected chi connectivity index (χ2v) is 7.34. The number of ether oxygens (including phenoxy) is 1. The van der Waals surface area contributed by atoms with Crippen LogP contribution in [0.4, 0.5) is 5.69 Å². The van der Waals surface area contributed by atoms with Crippen LogP contribution in [0.5, 0.6) is 11.5 Å². The molecule has 2 N–H and O–H groups in total. The van der Waals surface area contributed by atoms with E-state index >= 15 is 0 Å². The van der Waals surface area contributed by atoms with Crippen LogP contribution in [0.3, 0.4) is 0 Å². The van der Waals surface area contributed by atoms with Gasteiger partial charge in [0.1, 0.15) is 0 Å². The Bertz CT molecular complexity index is 1440. The van der Waals surface area contributed by atoms with E-state index in [0.29, 0.717) is 27.9 Å². The molecule has 0 saturated carbocycles. The highest BCUT2D eigenvalue weighted by Gasteiger charge is 2.32. The first-order valence-electron chi connectivity index (χ1n) is 9.46. The summed E-state index contributed by atoms with van der Waals surface area (Å²) in [4.78, 5) is 25.6. The average molecular weight is 404 g/mol. The lowest BCUT2D eigenvalue weighted by Crippen LogP contribution is -2.37. The van der Waals surface area contributed by atoms with Gasteiger partial charge < -0.3 is 19.7 Å². The van der Waals surface area contributed by atoms with Crippen LogP contribution in [-0.4, -0.2) is 25.9 Å². The largest absolute Gasteiger partial charge is 0.504 e. The molecule has 30 heavy (non-hydrogen) atoms. The maximum Gasteiger partial charge on any atom is 0.331 e. The Morgan fingerprint density at radius 2 is 1.80 bits per heavy atom. The SMILES string of the molecule is COc1cccc([C@@H]2Nc3ccccc3-n3cc4c(=O)n(C)c(=O)n(C)c4c32)c1O. The second-order valence-electron chi connectivity index (χ2n) is 7.34. The van der Waals surface area contributed by atoms with E-state index in [-0.39, 0.29) is 11.3 Å². The highest BCUT2D eigenvalue weighted by Crippen LogP contribution is 2.44. The van der Waals surface area contributed by atoms with E-state index in [1.165, 1.54) is 18.7 Å². The first-order chi connectivity index (χ1) is 14.4. The number of nitrogens with one attached hydrogen (secondary N) is 1. The van der Waals surface area contributed by atoms with Gasteiger partial charge in [-0.05, 0) is 18.2 Å². The van der Waals surface area contributed by atoms with Gasteiger partial charge in [-0.1, -0.05) is 24.3 Å². The van der Waals surface area contributed by atoms with Crippen molar-refractivity contribution in [1.29, 1.82) is 0 Å². The van der Waals surface area contributed by atoms with Crippen molar-refractivity contribution in [2.24, 2.45) is 14.1 Å². The third-order valence-electron chi connectivity index (χ3n) is 5.76. The van der Waals surface area contributed by atoms with Crippen molar-refractivity contribution in [2.45, 2.75) is 6.04 Å². The van der Waals surface area contributed by atoms with Crippen LogP contribution in [0.1, 0.15) is 17.3 Å². The number of nitrogens with zero attached hydrogens (tertiary/aromatic N) is 3. The Balaban J connectivity index is 1.93. The van der Waals surface area contributed by atoms with Crippen LogP contribution in [0.15, 0.2) is 58.3 Å². The van der Waals surface area contributed by atoms with E-state index in [9.17, 15) is 14.7 Å². The van der Waals surface area contributed by atoms with Crippen LogP contribution >= 0.6 is 0 Å². The van der Waals surface area contributed by atoms with Gasteiger partial charge in [0.25, 0.3) is 5.56 Å². The van der Waals surface area contributed by atoms with E-state index in [2.05, 4.69) is 5.32 Å². The van der Waals surface area contributed by atoms with Gasteiger partial charge in [0.2, 0.25) is 0 Å². The van der Waals surface area contributed by atoms with E-state index in [0.717, 1.165) is 15.9 Å². The van der Waals surface area contributed by atoms with Gasteiger partial charge in [0.15, 0.2) is 11.5 Å². The topological polar surface area (TPSA) is 90.4 Å². The third-order valence-corrected chi connectivity index (χ3v) is 5.76. The maximum atomic E-state index is 12.9. The lowest BCUT2D eigenvalue weighted by Gasteiger charge is -2.30. The summed E-state index contributed by atoms with van der Waals surface area (Å²) in [6.45, 7) is 0. The van der Waals surface area contributed by atoms with E-state index in [1.54, 1.807) is 31.4 Å². The van der Waals surface area contributed by atoms with Crippen molar-refractivity contribution >= 4 is 16.6 Å². The fourth-order valence-corrected chi connectivity index (χ4v) is 4.28. The highest BCUT2D eigenvalue weighted by molar-refractivity contribution is 5.86. The number of aryl methyl sites for hydroxylation is 1. The molecular weight excluding hydrogens is 384 g/mol. The zero-order chi connectivity index (χ0) is 21.2. The molecule has 0 aliphatic carbocycles. The molecule has 8 nitrogen and oxygen atoms in total. The van der Waals surface area contributed by atoms with Gasteiger partial charge in [-0.3, -0.25) is 13.9 Å². The number of aromatic hydroxyl groups is 1. The van der Waals surface area contributed by atoms with E-state index in [1.807, 2.05) is 28.8 Å². The van der Waals surface area contributed by atoms with Crippen molar-refractivity contribution < 1.29 is 9.84 Å². The van der Waals surface area contributed by atoms with Crippen molar-refractivity contribution in [3.05, 3.63) is 80.8 Å². The summed E-state index contributed by atoms with van der Waals surface area (Å²) in [5.41, 5.74) is 2.74. The number of hydrogen-bond acceptors (Lipinski definition) is 5. The van der Waals surface area contributed by atoms with Crippen LogP contribution in [0.25, 0.3) is 16.6 Å². The molecule has 0 saturated heterocycles. The standard InChI is InChI=1S/C22H20N4O4/c1-24-18-13(21(28)25(2)22(24)29)11-26-15-9-5-4-8-14(15)23-17(19(18)26)12-7-6-10-16(30-3)20(12)27/h4-11,17,23,27H,1-3H3/t17-/m0/s1. The summed E-state index contributed by atoms with van der Waals surface area (Å²) in [6, 6.07) is 12.5. The minimum Gasteiger partial charge on any atom is -0.504 e. The molecular formula is C22H20N4O4. The molecule has 0 amide bonds. The smallest absolute Gasteiger partial charge is 0.331 e. The van der Waals surface area contributed by atoms with Crippen LogP contribution in [-0.2, 0) is 14.1 Å². The lowest BCUT2D eigenvalue weighted by atomic mass is 9.98. The second kappa shape index (κ2) is 6.28. The quantitative estimate of drug-likeness (QED) is 0.535. The molecule has 5 rings (SSSR count). The lowest BCUT2D eigenvalue weighted by molar-refractivity contribution is 0.370. The summed E-state index contributed by atoms with van der Waals surface area (Å²) in [6.07, 6.45) is 1.76. The number of benzene rings is 2. The van der Waals surface area contributed by atoms with Crippen LogP contribution in [0.2, 0.25) is 0 Å². The summed E-state index contributed by atoms with van der Waals surface area (Å²) in [5, 5.41) is 14.7. The summed E-state index contributed by atoms with van der Waals surface area (Å²) < 4.78 is 9.78. The number of fused-ring (bicyclic) bond motifs is 5. The maximum absolute atomic E-state index is 12.9. The number of phenolic OH excluding ortho intramolecular Hbond substituents is 1. The molecule has 0 unspecified atom stereocenters. The molecule has 1 aliphatic heterocycles. The number of para-hydroxylation sites is 3. The fraction of sp³-hybridized carbons (Fsp3) is 0.182. The first kappa shape index (κ1) is 18.1. The number of phenols is 1. The molecule has 1 aliphatic rings. The number of hydrogen-bond donors (Lipinski definition) is 2. The Labute approximate surface area is 171 Å². The number of rotatable bonds is 2. The molecule has 0 fully saturated rings. The van der Waals surface area contributed by atoms with Crippen LogP contribution < -0.4 is 21.3 Å². The van der Waals surface area contributed by atoms with Crippen LogP contribution in [0, 0.1) is 0 Å². The molecule has 2 aromatic heterocycles. The Morgan fingerprint density at radius 3 is 2.57 bits per heavy atom. The fourth-order valence-electron chi connectivity index (χ4n) is 4.28. The van der Waals surface area contributed by atoms with Gasteiger partial charge in [0, 0.05) is 25.9 Å². The monoisotopic (exact) mass is 404 g/mol. The van der Waals surface area contributed by atoms with Crippen molar-refractivity contribution in [3.63, 3.8) is 0 Å². The van der Waals surface area contributed by atoms with Gasteiger partial charge in [-0.15, -0.1) is 0 Å². The highest BCUT2D eigenvalue weighted by atomic mass is 16.5. The van der Waals surface area contributed by atoms with Gasteiger partial charge in [-0.2, -0.15) is 0 Å². The Morgan fingerprint density at radius 1 is 1.03 bits per heavy atom. The minimum absolute atomic E-state index is 0.00612. The van der Waals surface area contributed by atoms with Crippen molar-refractivity contribution in [3.8, 4) is 17.2 Å². The summed E-state index contributed by atoms with van der Waals surface area (Å²) >= 11 is 0. The Hall–Kier alpha value is -3.94. The summed E-state index contributed by atoms with van der Waals surface area (Å²) in [5.74, 6) is 0.354. The first-order valence-corrected chi connectivity index (χ1v) is 9.46. The molecule has 3 heterocycles. The molecule has 8 heteroatoms. The number of methoxy groups -OCH3 is 1. The molecule has 2 aromatic carbocycles. The molecule has 0 bridgehead atoms. The van der Waals surface area contributed by atoms with Gasteiger partial charge in [0.05, 0.1) is 41.1 Å².